The second-order valence-electron chi connectivity index (χ2n) is 5.84. The molecule has 0 bridgehead atoms. The summed E-state index contributed by atoms with van der Waals surface area (Å²) in [5.41, 5.74) is 1.24. The highest BCUT2D eigenvalue weighted by molar-refractivity contribution is 9.10. The SMILES string of the molecule is COCCN1C(=O)/C(=C/c2cc(Br)cc(OC)c2O)SC1=Nc1ccccc1. The summed E-state index contributed by atoms with van der Waals surface area (Å²) < 4.78 is 11.0. The van der Waals surface area contributed by atoms with E-state index in [0.717, 1.165) is 10.2 Å². The zero-order valence-corrected chi connectivity index (χ0v) is 17.8. The maximum absolute atomic E-state index is 12.9. The topological polar surface area (TPSA) is 71.4 Å². The lowest BCUT2D eigenvalue weighted by Gasteiger charge is -2.14. The lowest BCUT2D eigenvalue weighted by molar-refractivity contribution is -0.122. The summed E-state index contributed by atoms with van der Waals surface area (Å²) in [4.78, 5) is 19.6. The van der Waals surface area contributed by atoms with Gasteiger partial charge in [-0.2, -0.15) is 0 Å². The molecule has 146 valence electrons. The number of amides is 1. The van der Waals surface area contributed by atoms with E-state index in [-0.39, 0.29) is 11.7 Å². The Labute approximate surface area is 176 Å². The fraction of sp³-hybridized carbons (Fsp3) is 0.200. The van der Waals surface area contributed by atoms with Gasteiger partial charge in [0.25, 0.3) is 5.91 Å². The molecular formula is C20H19BrN2O4S. The summed E-state index contributed by atoms with van der Waals surface area (Å²) in [6.07, 6.45) is 1.64. The number of hydrogen-bond donors (Lipinski definition) is 1. The molecule has 0 aromatic heterocycles. The number of benzene rings is 2. The molecule has 1 amide bonds. The number of phenols is 1. The van der Waals surface area contributed by atoms with E-state index < -0.39 is 0 Å². The third kappa shape index (κ3) is 4.57. The molecule has 2 aromatic carbocycles. The molecule has 0 unspecified atom stereocenters. The highest BCUT2D eigenvalue weighted by Crippen LogP contribution is 2.39. The quantitative estimate of drug-likeness (QED) is 0.643. The second kappa shape index (κ2) is 9.27. The van der Waals surface area contributed by atoms with Crippen molar-refractivity contribution in [2.24, 2.45) is 4.99 Å². The number of methoxy groups -OCH3 is 2. The Bertz CT molecular complexity index is 931. The minimum absolute atomic E-state index is 0.0245. The summed E-state index contributed by atoms with van der Waals surface area (Å²) in [5.74, 6) is 0.115. The number of phenolic OH excluding ortho intramolecular Hbond substituents is 1. The number of halogens is 1. The molecule has 1 fully saturated rings. The third-order valence-corrected chi connectivity index (χ3v) is 5.43. The lowest BCUT2D eigenvalue weighted by Crippen LogP contribution is -2.32. The first-order valence-corrected chi connectivity index (χ1v) is 10.0. The van der Waals surface area contributed by atoms with Crippen molar-refractivity contribution in [2.75, 3.05) is 27.4 Å². The maximum Gasteiger partial charge on any atom is 0.266 e. The van der Waals surface area contributed by atoms with Crippen LogP contribution in [0.2, 0.25) is 0 Å². The number of hydrogen-bond acceptors (Lipinski definition) is 6. The van der Waals surface area contributed by atoms with Crippen LogP contribution >= 0.6 is 27.7 Å². The number of nitrogens with zero attached hydrogens (tertiary/aromatic N) is 2. The van der Waals surface area contributed by atoms with Gasteiger partial charge in [0.2, 0.25) is 0 Å². The van der Waals surface area contributed by atoms with Crippen molar-refractivity contribution in [2.45, 2.75) is 0 Å². The summed E-state index contributed by atoms with van der Waals surface area (Å²) >= 11 is 4.65. The predicted molar refractivity (Wildman–Crippen MR) is 115 cm³/mol. The normalized spacial score (nSPS) is 17.0. The Morgan fingerprint density at radius 1 is 1.25 bits per heavy atom. The molecule has 1 saturated heterocycles. The molecule has 0 saturated carbocycles. The second-order valence-corrected chi connectivity index (χ2v) is 7.76. The molecular weight excluding hydrogens is 444 g/mol. The number of amidine groups is 1. The smallest absolute Gasteiger partial charge is 0.266 e. The molecule has 2 aromatic rings. The zero-order valence-electron chi connectivity index (χ0n) is 15.4. The summed E-state index contributed by atoms with van der Waals surface area (Å²) in [5, 5.41) is 11.0. The van der Waals surface area contributed by atoms with Crippen molar-refractivity contribution >= 4 is 50.5 Å². The van der Waals surface area contributed by atoms with Crippen LogP contribution in [-0.4, -0.2) is 48.5 Å². The predicted octanol–water partition coefficient (Wildman–Crippen LogP) is 4.41. The third-order valence-electron chi connectivity index (χ3n) is 3.96. The van der Waals surface area contributed by atoms with Gasteiger partial charge in [-0.1, -0.05) is 34.1 Å². The summed E-state index contributed by atoms with van der Waals surface area (Å²) in [7, 11) is 3.06. The van der Waals surface area contributed by atoms with Gasteiger partial charge < -0.3 is 14.6 Å². The Morgan fingerprint density at radius 2 is 2.00 bits per heavy atom. The van der Waals surface area contributed by atoms with Crippen molar-refractivity contribution in [3.8, 4) is 11.5 Å². The summed E-state index contributed by atoms with van der Waals surface area (Å²) in [6, 6.07) is 12.8. The van der Waals surface area contributed by atoms with Crippen molar-refractivity contribution < 1.29 is 19.4 Å². The van der Waals surface area contributed by atoms with Crippen LogP contribution in [0, 0.1) is 0 Å². The van der Waals surface area contributed by atoms with Crippen LogP contribution in [0.4, 0.5) is 5.69 Å². The van der Waals surface area contributed by atoms with Crippen molar-refractivity contribution in [3.63, 3.8) is 0 Å². The van der Waals surface area contributed by atoms with Crippen LogP contribution < -0.4 is 4.74 Å². The van der Waals surface area contributed by atoms with Crippen LogP contribution in [0.15, 0.2) is 56.8 Å². The molecule has 1 N–H and O–H groups in total. The molecule has 0 aliphatic carbocycles. The van der Waals surface area contributed by atoms with Gasteiger partial charge >= 0.3 is 0 Å². The standard InChI is InChI=1S/C20H19BrN2O4S/c1-26-9-8-23-19(25)17(28-20(23)22-15-6-4-3-5-7-15)11-13-10-14(21)12-16(27-2)18(13)24/h3-7,10-12,24H,8-9H2,1-2H3/b17-11-,22-20?. The van der Waals surface area contributed by atoms with Crippen LogP contribution in [0.1, 0.15) is 5.56 Å². The van der Waals surface area contributed by atoms with E-state index in [2.05, 4.69) is 20.9 Å². The van der Waals surface area contributed by atoms with E-state index in [1.807, 2.05) is 30.3 Å². The fourth-order valence-corrected chi connectivity index (χ4v) is 4.06. The average molecular weight is 463 g/mol. The van der Waals surface area contributed by atoms with Crippen molar-refractivity contribution in [1.29, 1.82) is 0 Å². The van der Waals surface area contributed by atoms with Crippen LogP contribution in [-0.2, 0) is 9.53 Å². The highest BCUT2D eigenvalue weighted by atomic mass is 79.9. The Kier molecular flexibility index (Phi) is 6.77. The Balaban J connectivity index is 1.99. The molecule has 6 nitrogen and oxygen atoms in total. The zero-order chi connectivity index (χ0) is 20.1. The van der Waals surface area contributed by atoms with Gasteiger partial charge in [0.05, 0.1) is 30.9 Å². The van der Waals surface area contributed by atoms with Crippen molar-refractivity contribution in [3.05, 3.63) is 57.4 Å². The molecule has 1 heterocycles. The van der Waals surface area contributed by atoms with Gasteiger partial charge in [-0.15, -0.1) is 0 Å². The molecule has 1 aliphatic rings. The first-order chi connectivity index (χ1) is 13.5. The average Bonchev–Trinajstić information content (AvgIpc) is 2.98. The number of carbonyl (C=O) groups excluding carboxylic acids is 1. The molecule has 3 rings (SSSR count). The van der Waals surface area contributed by atoms with Gasteiger partial charge in [-0.05, 0) is 42.1 Å². The van der Waals surface area contributed by atoms with E-state index in [4.69, 9.17) is 9.47 Å². The van der Waals surface area contributed by atoms with Crippen LogP contribution in [0.5, 0.6) is 11.5 Å². The minimum Gasteiger partial charge on any atom is -0.504 e. The number of aliphatic imine (C=N–C) groups is 1. The molecule has 8 heteroatoms. The van der Waals surface area contributed by atoms with Gasteiger partial charge in [0, 0.05) is 17.1 Å². The number of rotatable bonds is 6. The lowest BCUT2D eigenvalue weighted by atomic mass is 10.1. The van der Waals surface area contributed by atoms with E-state index in [9.17, 15) is 9.90 Å². The number of aromatic hydroxyl groups is 1. The number of para-hydroxylation sites is 1. The maximum atomic E-state index is 12.9. The number of thioether (sulfide) groups is 1. The largest absolute Gasteiger partial charge is 0.504 e. The van der Waals surface area contributed by atoms with Gasteiger partial charge in [0.1, 0.15) is 0 Å². The van der Waals surface area contributed by atoms with E-state index >= 15 is 0 Å². The van der Waals surface area contributed by atoms with E-state index in [1.54, 1.807) is 30.2 Å². The monoisotopic (exact) mass is 462 g/mol. The molecule has 1 aliphatic heterocycles. The van der Waals surface area contributed by atoms with E-state index in [1.165, 1.54) is 18.9 Å². The first-order valence-electron chi connectivity index (χ1n) is 8.44. The molecule has 0 atom stereocenters. The first kappa shape index (κ1) is 20.4. The minimum atomic E-state index is -0.185. The summed E-state index contributed by atoms with van der Waals surface area (Å²) in [6.45, 7) is 0.780. The van der Waals surface area contributed by atoms with Gasteiger partial charge in [0.15, 0.2) is 16.7 Å². The van der Waals surface area contributed by atoms with Crippen molar-refractivity contribution in [1.82, 2.24) is 4.90 Å². The van der Waals surface area contributed by atoms with Crippen LogP contribution in [0.25, 0.3) is 6.08 Å². The highest BCUT2D eigenvalue weighted by Gasteiger charge is 2.33. The Hall–Kier alpha value is -2.29. The molecule has 0 spiro atoms. The van der Waals surface area contributed by atoms with Gasteiger partial charge in [-0.25, -0.2) is 4.99 Å². The van der Waals surface area contributed by atoms with Gasteiger partial charge in [-0.3, -0.25) is 9.69 Å². The molecule has 28 heavy (non-hydrogen) atoms. The number of carbonyl (C=O) groups is 1. The van der Waals surface area contributed by atoms with E-state index in [0.29, 0.717) is 34.5 Å². The number of ether oxygens (including phenoxy) is 2. The van der Waals surface area contributed by atoms with Crippen LogP contribution in [0.3, 0.4) is 0 Å². The fourth-order valence-electron chi connectivity index (χ4n) is 2.59. The molecule has 0 radical (unpaired) electrons. The Morgan fingerprint density at radius 3 is 2.68 bits per heavy atom.